The monoisotopic (exact) mass is 463 g/mol. The summed E-state index contributed by atoms with van der Waals surface area (Å²) in [7, 11) is 4.65. The largest absolute Gasteiger partial charge is 0.496 e. The van der Waals surface area contributed by atoms with E-state index in [0.29, 0.717) is 45.5 Å². The molecule has 0 bridgehead atoms. The van der Waals surface area contributed by atoms with Crippen molar-refractivity contribution in [3.8, 4) is 28.7 Å². The third kappa shape index (κ3) is 4.73. The molecule has 0 aliphatic heterocycles. The third-order valence-electron chi connectivity index (χ3n) is 4.85. The van der Waals surface area contributed by atoms with E-state index in [1.807, 2.05) is 6.07 Å². The summed E-state index contributed by atoms with van der Waals surface area (Å²) in [6.45, 7) is 0. The number of thiocarbonyl (C=S) groups is 1. The summed E-state index contributed by atoms with van der Waals surface area (Å²) in [6, 6.07) is 17.7. The second-order valence-corrected chi connectivity index (χ2v) is 7.29. The van der Waals surface area contributed by atoms with Crippen LogP contribution in [0.2, 0.25) is 0 Å². The van der Waals surface area contributed by atoms with Gasteiger partial charge in [0.2, 0.25) is 5.89 Å². The molecule has 9 heteroatoms. The summed E-state index contributed by atoms with van der Waals surface area (Å²) >= 11 is 5.29. The molecule has 0 saturated carbocycles. The molecule has 0 radical (unpaired) electrons. The molecule has 3 aromatic carbocycles. The number of para-hydroxylation sites is 1. The Morgan fingerprint density at radius 3 is 2.42 bits per heavy atom. The Morgan fingerprint density at radius 1 is 0.909 bits per heavy atom. The first-order valence-corrected chi connectivity index (χ1v) is 10.3. The molecular weight excluding hydrogens is 442 g/mol. The molecule has 2 N–H and O–H groups in total. The molecule has 168 valence electrons. The minimum atomic E-state index is -0.372. The van der Waals surface area contributed by atoms with Crippen LogP contribution in [0.15, 0.2) is 65.1 Å². The van der Waals surface area contributed by atoms with E-state index in [0.717, 1.165) is 5.56 Å². The van der Waals surface area contributed by atoms with Crippen LogP contribution < -0.4 is 24.8 Å². The molecule has 8 nitrogen and oxygen atoms in total. The van der Waals surface area contributed by atoms with Gasteiger partial charge in [-0.05, 0) is 60.7 Å². The summed E-state index contributed by atoms with van der Waals surface area (Å²) in [4.78, 5) is 17.1. The zero-order valence-electron chi connectivity index (χ0n) is 18.2. The number of fused-ring (bicyclic) bond motifs is 1. The smallest absolute Gasteiger partial charge is 0.261 e. The number of aromatic nitrogens is 1. The Bertz CT molecular complexity index is 1330. The van der Waals surface area contributed by atoms with E-state index in [-0.39, 0.29) is 11.0 Å². The number of benzene rings is 3. The zero-order valence-corrected chi connectivity index (χ0v) is 19.0. The average molecular weight is 464 g/mol. The van der Waals surface area contributed by atoms with Gasteiger partial charge in [-0.3, -0.25) is 10.1 Å². The van der Waals surface area contributed by atoms with Crippen LogP contribution in [0.1, 0.15) is 10.4 Å². The molecule has 4 aromatic rings. The second-order valence-electron chi connectivity index (χ2n) is 6.88. The van der Waals surface area contributed by atoms with Crippen LogP contribution in [0.5, 0.6) is 17.2 Å². The van der Waals surface area contributed by atoms with E-state index in [1.54, 1.807) is 68.8 Å². The molecule has 4 rings (SSSR count). The third-order valence-corrected chi connectivity index (χ3v) is 5.06. The zero-order chi connectivity index (χ0) is 23.4. The molecule has 0 atom stereocenters. The van der Waals surface area contributed by atoms with Crippen LogP contribution in [0.3, 0.4) is 0 Å². The topological polar surface area (TPSA) is 94.9 Å². The normalized spacial score (nSPS) is 10.5. The molecular formula is C24H21N3O5S. The van der Waals surface area contributed by atoms with Gasteiger partial charge in [-0.2, -0.15) is 0 Å². The van der Waals surface area contributed by atoms with Crippen LogP contribution in [0.25, 0.3) is 22.6 Å². The maximum atomic E-state index is 12.5. The number of nitrogens with one attached hydrogen (secondary N) is 2. The number of rotatable bonds is 6. The molecule has 1 aromatic heterocycles. The fourth-order valence-electron chi connectivity index (χ4n) is 3.26. The number of anilines is 1. The lowest BCUT2D eigenvalue weighted by Crippen LogP contribution is -2.34. The summed E-state index contributed by atoms with van der Waals surface area (Å²) in [5.74, 6) is 1.73. The molecule has 1 amide bonds. The van der Waals surface area contributed by atoms with Gasteiger partial charge in [0.1, 0.15) is 11.3 Å². The van der Waals surface area contributed by atoms with Gasteiger partial charge in [-0.1, -0.05) is 12.1 Å². The molecule has 0 fully saturated rings. The lowest BCUT2D eigenvalue weighted by molar-refractivity contribution is 0.0975. The standard InChI is InChI=1S/C24H21N3O5S/c1-29-18-7-5-4-6-16(18)22(28)27-24(33)25-15-9-11-19-17(13-15)26-23(32-19)14-8-10-20(30-2)21(12-14)31-3/h4-13H,1-3H3,(H2,25,27,28,33). The van der Waals surface area contributed by atoms with Gasteiger partial charge in [-0.15, -0.1) is 0 Å². The summed E-state index contributed by atoms with van der Waals surface area (Å²) < 4.78 is 21.7. The summed E-state index contributed by atoms with van der Waals surface area (Å²) in [6.07, 6.45) is 0. The molecule has 0 saturated heterocycles. The number of carbonyl (C=O) groups is 1. The Morgan fingerprint density at radius 2 is 1.67 bits per heavy atom. The van der Waals surface area contributed by atoms with Crippen molar-refractivity contribution in [1.82, 2.24) is 10.3 Å². The minimum Gasteiger partial charge on any atom is -0.496 e. The maximum absolute atomic E-state index is 12.5. The quantitative estimate of drug-likeness (QED) is 0.399. The first kappa shape index (κ1) is 22.1. The SMILES string of the molecule is COc1ccc(-c2nc3cc(NC(=S)NC(=O)c4ccccc4OC)ccc3o2)cc1OC. The van der Waals surface area contributed by atoms with Crippen molar-refractivity contribution in [2.45, 2.75) is 0 Å². The molecule has 1 heterocycles. The highest BCUT2D eigenvalue weighted by Crippen LogP contribution is 2.33. The predicted octanol–water partition coefficient (Wildman–Crippen LogP) is 4.65. The lowest BCUT2D eigenvalue weighted by Gasteiger charge is -2.11. The van der Waals surface area contributed by atoms with Crippen LogP contribution in [0, 0.1) is 0 Å². The number of hydrogen-bond acceptors (Lipinski definition) is 7. The number of methoxy groups -OCH3 is 3. The van der Waals surface area contributed by atoms with Gasteiger partial charge in [0, 0.05) is 11.3 Å². The van der Waals surface area contributed by atoms with Gasteiger partial charge in [-0.25, -0.2) is 4.98 Å². The minimum absolute atomic E-state index is 0.147. The molecule has 33 heavy (non-hydrogen) atoms. The van der Waals surface area contributed by atoms with Gasteiger partial charge < -0.3 is 23.9 Å². The van der Waals surface area contributed by atoms with Crippen LogP contribution in [0.4, 0.5) is 5.69 Å². The van der Waals surface area contributed by atoms with Gasteiger partial charge in [0.15, 0.2) is 22.2 Å². The van der Waals surface area contributed by atoms with Crippen molar-refractivity contribution in [3.63, 3.8) is 0 Å². The summed E-state index contributed by atoms with van der Waals surface area (Å²) in [5, 5.41) is 5.80. The van der Waals surface area contributed by atoms with Crippen LogP contribution in [-0.2, 0) is 0 Å². The highest BCUT2D eigenvalue weighted by Gasteiger charge is 2.15. The van der Waals surface area contributed by atoms with Crippen molar-refractivity contribution in [2.75, 3.05) is 26.6 Å². The number of nitrogens with zero attached hydrogens (tertiary/aromatic N) is 1. The van der Waals surface area contributed by atoms with E-state index in [2.05, 4.69) is 15.6 Å². The van der Waals surface area contributed by atoms with Crippen molar-refractivity contribution in [2.24, 2.45) is 0 Å². The van der Waals surface area contributed by atoms with Gasteiger partial charge >= 0.3 is 0 Å². The molecule has 0 spiro atoms. The van der Waals surface area contributed by atoms with Crippen molar-refractivity contribution < 1.29 is 23.4 Å². The van der Waals surface area contributed by atoms with E-state index in [1.165, 1.54) is 7.11 Å². The maximum Gasteiger partial charge on any atom is 0.261 e. The van der Waals surface area contributed by atoms with E-state index in [4.69, 9.17) is 30.8 Å². The number of carbonyl (C=O) groups excluding carboxylic acids is 1. The highest BCUT2D eigenvalue weighted by molar-refractivity contribution is 7.80. The molecule has 0 aliphatic carbocycles. The van der Waals surface area contributed by atoms with Gasteiger partial charge in [0.25, 0.3) is 5.91 Å². The molecule has 0 aliphatic rings. The number of oxazole rings is 1. The van der Waals surface area contributed by atoms with Crippen molar-refractivity contribution in [1.29, 1.82) is 0 Å². The Kier molecular flexibility index (Phi) is 6.41. The van der Waals surface area contributed by atoms with Crippen molar-refractivity contribution in [3.05, 3.63) is 66.2 Å². The van der Waals surface area contributed by atoms with E-state index >= 15 is 0 Å². The Balaban J connectivity index is 1.51. The summed E-state index contributed by atoms with van der Waals surface area (Å²) in [5.41, 5.74) is 3.02. The Hall–Kier alpha value is -4.11. The second kappa shape index (κ2) is 9.58. The highest BCUT2D eigenvalue weighted by atomic mass is 32.1. The first-order chi connectivity index (χ1) is 16.0. The van der Waals surface area contributed by atoms with Crippen molar-refractivity contribution >= 4 is 40.0 Å². The van der Waals surface area contributed by atoms with E-state index < -0.39 is 0 Å². The molecule has 0 unspecified atom stereocenters. The van der Waals surface area contributed by atoms with Gasteiger partial charge in [0.05, 0.1) is 26.9 Å². The first-order valence-electron chi connectivity index (χ1n) is 9.90. The lowest BCUT2D eigenvalue weighted by atomic mass is 10.2. The number of hydrogen-bond donors (Lipinski definition) is 2. The number of ether oxygens (including phenoxy) is 3. The van der Waals surface area contributed by atoms with E-state index in [9.17, 15) is 4.79 Å². The fourth-order valence-corrected chi connectivity index (χ4v) is 3.47. The average Bonchev–Trinajstić information content (AvgIpc) is 3.26. The van der Waals surface area contributed by atoms with Crippen LogP contribution in [-0.4, -0.2) is 37.3 Å². The predicted molar refractivity (Wildman–Crippen MR) is 129 cm³/mol. The van der Waals surface area contributed by atoms with Crippen LogP contribution >= 0.6 is 12.2 Å². The Labute approximate surface area is 195 Å². The fraction of sp³-hybridized carbons (Fsp3) is 0.125. The number of amides is 1.